The fraction of sp³-hybridized carbons (Fsp3) is 0.333. The largest absolute Gasteiger partial charge is 0.491 e. The normalized spacial score (nSPS) is 17.3. The van der Waals surface area contributed by atoms with Crippen LogP contribution in [0.5, 0.6) is 5.75 Å². The number of amides is 1. The summed E-state index contributed by atoms with van der Waals surface area (Å²) < 4.78 is 4.94. The van der Waals surface area contributed by atoms with E-state index in [0.717, 1.165) is 12.8 Å². The number of aromatic nitrogens is 1. The maximum atomic E-state index is 12.8. The van der Waals surface area contributed by atoms with Crippen molar-refractivity contribution >= 4 is 5.91 Å². The van der Waals surface area contributed by atoms with Gasteiger partial charge in [-0.05, 0) is 30.9 Å². The lowest BCUT2D eigenvalue weighted by Crippen LogP contribution is -2.32. The van der Waals surface area contributed by atoms with Crippen LogP contribution in [0.1, 0.15) is 40.5 Å². The topological polar surface area (TPSA) is 62.4 Å². The Morgan fingerprint density at radius 3 is 2.83 bits per heavy atom. The average Bonchev–Trinajstić information content (AvgIpc) is 3.04. The number of carbonyl (C=O) groups is 1. The smallest absolute Gasteiger partial charge is 0.270 e. The molecule has 1 aromatic heterocycles. The zero-order chi connectivity index (χ0) is 16.4. The van der Waals surface area contributed by atoms with E-state index >= 15 is 0 Å². The summed E-state index contributed by atoms with van der Waals surface area (Å²) in [6.45, 7) is 2.76. The van der Waals surface area contributed by atoms with Crippen molar-refractivity contribution in [2.75, 3.05) is 13.7 Å². The van der Waals surface area contributed by atoms with Gasteiger partial charge in [0.1, 0.15) is 5.69 Å². The third-order valence-electron chi connectivity index (χ3n) is 4.39. The SMILES string of the molecule is COc1c[nH]c(C(=O)N2CCC[C@H]2c2ccccc2C)cc1=O. The molecule has 0 saturated carbocycles. The average molecular weight is 312 g/mol. The van der Waals surface area contributed by atoms with E-state index in [4.69, 9.17) is 4.74 Å². The first-order chi connectivity index (χ1) is 11.1. The fourth-order valence-electron chi connectivity index (χ4n) is 3.19. The number of hydrogen-bond acceptors (Lipinski definition) is 3. The van der Waals surface area contributed by atoms with Crippen LogP contribution < -0.4 is 10.2 Å². The Hall–Kier alpha value is -2.56. The fourth-order valence-corrected chi connectivity index (χ4v) is 3.19. The molecule has 0 spiro atoms. The Labute approximate surface area is 134 Å². The van der Waals surface area contributed by atoms with Crippen molar-refractivity contribution in [1.82, 2.24) is 9.88 Å². The molecule has 3 rings (SSSR count). The van der Waals surface area contributed by atoms with Crippen LogP contribution in [0, 0.1) is 6.92 Å². The summed E-state index contributed by atoms with van der Waals surface area (Å²) in [5, 5.41) is 0. The molecule has 0 radical (unpaired) electrons. The zero-order valence-corrected chi connectivity index (χ0v) is 13.3. The number of likely N-dealkylation sites (tertiary alicyclic amines) is 1. The summed E-state index contributed by atoms with van der Waals surface area (Å²) in [7, 11) is 1.43. The molecule has 1 amide bonds. The predicted molar refractivity (Wildman–Crippen MR) is 87.8 cm³/mol. The summed E-state index contributed by atoms with van der Waals surface area (Å²) in [6.07, 6.45) is 3.34. The monoisotopic (exact) mass is 312 g/mol. The molecular weight excluding hydrogens is 292 g/mol. The maximum Gasteiger partial charge on any atom is 0.270 e. The van der Waals surface area contributed by atoms with Gasteiger partial charge in [0.05, 0.1) is 13.2 Å². The van der Waals surface area contributed by atoms with Crippen LogP contribution in [-0.4, -0.2) is 29.4 Å². The van der Waals surface area contributed by atoms with Crippen LogP contribution in [0.3, 0.4) is 0 Å². The third-order valence-corrected chi connectivity index (χ3v) is 4.39. The van der Waals surface area contributed by atoms with Gasteiger partial charge in [-0.25, -0.2) is 0 Å². The van der Waals surface area contributed by atoms with E-state index in [0.29, 0.717) is 12.2 Å². The number of pyridine rings is 1. The van der Waals surface area contributed by atoms with Gasteiger partial charge in [0, 0.05) is 18.8 Å². The van der Waals surface area contributed by atoms with Gasteiger partial charge in [0.15, 0.2) is 5.75 Å². The first-order valence-electron chi connectivity index (χ1n) is 7.75. The van der Waals surface area contributed by atoms with Gasteiger partial charge in [-0.15, -0.1) is 0 Å². The van der Waals surface area contributed by atoms with Gasteiger partial charge in [-0.3, -0.25) is 9.59 Å². The highest BCUT2D eigenvalue weighted by Gasteiger charge is 2.31. The number of aryl methyl sites for hydroxylation is 1. The zero-order valence-electron chi connectivity index (χ0n) is 13.3. The quantitative estimate of drug-likeness (QED) is 0.948. The Morgan fingerprint density at radius 2 is 2.13 bits per heavy atom. The Kier molecular flexibility index (Phi) is 4.19. The molecule has 23 heavy (non-hydrogen) atoms. The number of ether oxygens (including phenoxy) is 1. The lowest BCUT2D eigenvalue weighted by molar-refractivity contribution is 0.0729. The Balaban J connectivity index is 1.91. The van der Waals surface area contributed by atoms with Crippen molar-refractivity contribution < 1.29 is 9.53 Å². The molecule has 120 valence electrons. The van der Waals surface area contributed by atoms with Gasteiger partial charge in [0.2, 0.25) is 5.43 Å². The molecule has 0 bridgehead atoms. The maximum absolute atomic E-state index is 12.8. The van der Waals surface area contributed by atoms with Gasteiger partial charge in [-0.1, -0.05) is 24.3 Å². The van der Waals surface area contributed by atoms with Crippen molar-refractivity contribution in [3.05, 3.63) is 63.6 Å². The molecule has 1 saturated heterocycles. The molecule has 0 aliphatic carbocycles. The molecule has 1 N–H and O–H groups in total. The molecule has 1 aliphatic rings. The number of nitrogens with one attached hydrogen (secondary N) is 1. The van der Waals surface area contributed by atoms with Crippen molar-refractivity contribution in [2.45, 2.75) is 25.8 Å². The van der Waals surface area contributed by atoms with E-state index in [2.05, 4.69) is 24.0 Å². The van der Waals surface area contributed by atoms with E-state index in [9.17, 15) is 9.59 Å². The molecular formula is C18H20N2O3. The molecule has 5 nitrogen and oxygen atoms in total. The number of hydrogen-bond donors (Lipinski definition) is 1. The van der Waals surface area contributed by atoms with Crippen molar-refractivity contribution in [2.24, 2.45) is 0 Å². The van der Waals surface area contributed by atoms with Crippen LogP contribution in [0.2, 0.25) is 0 Å². The van der Waals surface area contributed by atoms with E-state index < -0.39 is 0 Å². The van der Waals surface area contributed by atoms with Gasteiger partial charge < -0.3 is 14.6 Å². The number of methoxy groups -OCH3 is 1. The minimum Gasteiger partial charge on any atom is -0.491 e. The number of H-pyrrole nitrogens is 1. The second kappa shape index (κ2) is 6.28. The summed E-state index contributed by atoms with van der Waals surface area (Å²) in [4.78, 5) is 29.4. The molecule has 1 fully saturated rings. The molecule has 1 aromatic carbocycles. The summed E-state index contributed by atoms with van der Waals surface area (Å²) in [5.41, 5.74) is 2.37. The van der Waals surface area contributed by atoms with Crippen LogP contribution in [-0.2, 0) is 0 Å². The van der Waals surface area contributed by atoms with Gasteiger partial charge >= 0.3 is 0 Å². The number of nitrogens with zero attached hydrogens (tertiary/aromatic N) is 1. The van der Waals surface area contributed by atoms with Crippen LogP contribution >= 0.6 is 0 Å². The van der Waals surface area contributed by atoms with Crippen molar-refractivity contribution in [1.29, 1.82) is 0 Å². The van der Waals surface area contributed by atoms with Crippen molar-refractivity contribution in [3.8, 4) is 5.75 Å². The van der Waals surface area contributed by atoms with Gasteiger partial charge in [0.25, 0.3) is 5.91 Å². The van der Waals surface area contributed by atoms with E-state index in [1.54, 1.807) is 0 Å². The Morgan fingerprint density at radius 1 is 1.35 bits per heavy atom. The minimum absolute atomic E-state index is 0.0642. The number of carbonyl (C=O) groups excluding carboxylic acids is 1. The van der Waals surface area contributed by atoms with Crippen LogP contribution in [0.25, 0.3) is 0 Å². The number of benzene rings is 1. The second-order valence-corrected chi connectivity index (χ2v) is 5.79. The molecule has 0 unspecified atom stereocenters. The minimum atomic E-state index is -0.291. The van der Waals surface area contributed by atoms with Crippen LogP contribution in [0.15, 0.2) is 41.3 Å². The van der Waals surface area contributed by atoms with E-state index in [1.807, 2.05) is 17.0 Å². The Bertz CT molecular complexity index is 782. The summed E-state index contributed by atoms with van der Waals surface area (Å²) in [6, 6.07) is 9.51. The highest BCUT2D eigenvalue weighted by atomic mass is 16.5. The van der Waals surface area contributed by atoms with E-state index in [1.165, 1.54) is 30.5 Å². The van der Waals surface area contributed by atoms with Crippen molar-refractivity contribution in [3.63, 3.8) is 0 Å². The first kappa shape index (κ1) is 15.3. The summed E-state index contributed by atoms with van der Waals surface area (Å²) in [5.74, 6) is 0.0638. The summed E-state index contributed by atoms with van der Waals surface area (Å²) >= 11 is 0. The molecule has 2 heterocycles. The lowest BCUT2D eigenvalue weighted by atomic mass is 9.99. The van der Waals surface area contributed by atoms with Crippen LogP contribution in [0.4, 0.5) is 0 Å². The third kappa shape index (κ3) is 2.86. The molecule has 1 atom stereocenters. The molecule has 1 aliphatic heterocycles. The first-order valence-corrected chi connectivity index (χ1v) is 7.75. The van der Waals surface area contributed by atoms with Gasteiger partial charge in [-0.2, -0.15) is 0 Å². The second-order valence-electron chi connectivity index (χ2n) is 5.79. The highest BCUT2D eigenvalue weighted by Crippen LogP contribution is 2.34. The standard InChI is InChI=1S/C18H20N2O3/c1-12-6-3-4-7-13(12)15-8-5-9-20(15)18(22)14-10-16(21)17(23-2)11-19-14/h3-4,6-7,10-11,15H,5,8-9H2,1-2H3,(H,19,21)/t15-/m0/s1. The number of rotatable bonds is 3. The van der Waals surface area contributed by atoms with E-state index in [-0.39, 0.29) is 23.1 Å². The lowest BCUT2D eigenvalue weighted by Gasteiger charge is -2.26. The molecule has 2 aromatic rings. The highest BCUT2D eigenvalue weighted by molar-refractivity contribution is 5.92. The predicted octanol–water partition coefficient (Wildman–Crippen LogP) is 2.67. The molecule has 5 heteroatoms. The number of aromatic amines is 1.